The third kappa shape index (κ3) is 5.03. The smallest absolute Gasteiger partial charge is 0.339 e. The number of benzene rings is 3. The SMILES string of the molecule is CC(C)c1cccc(C(C)C)c1N1C(=O)c2cccc(C(=O)OCCOC(=O)c3ccccc3)c2C1=O. The van der Waals surface area contributed by atoms with Gasteiger partial charge in [0.25, 0.3) is 11.8 Å². The van der Waals surface area contributed by atoms with Crippen LogP contribution >= 0.6 is 0 Å². The van der Waals surface area contributed by atoms with Crippen LogP contribution < -0.4 is 4.90 Å². The molecule has 7 heteroatoms. The summed E-state index contributed by atoms with van der Waals surface area (Å²) >= 11 is 0. The molecule has 0 saturated heterocycles. The average Bonchev–Trinajstić information content (AvgIpc) is 3.15. The number of rotatable bonds is 8. The maximum absolute atomic E-state index is 13.7. The van der Waals surface area contributed by atoms with E-state index in [0.29, 0.717) is 11.3 Å². The first-order valence-electron chi connectivity index (χ1n) is 12.3. The minimum atomic E-state index is -0.767. The Labute approximate surface area is 216 Å². The van der Waals surface area contributed by atoms with E-state index in [2.05, 4.69) is 0 Å². The monoisotopic (exact) mass is 499 g/mol. The lowest BCUT2D eigenvalue weighted by Crippen LogP contribution is -2.32. The zero-order valence-electron chi connectivity index (χ0n) is 21.3. The Morgan fingerprint density at radius 3 is 1.86 bits per heavy atom. The molecule has 0 saturated carbocycles. The zero-order chi connectivity index (χ0) is 26.7. The highest BCUT2D eigenvalue weighted by atomic mass is 16.6. The number of para-hydroxylation sites is 1. The lowest BCUT2D eigenvalue weighted by molar-refractivity contribution is 0.0265. The molecule has 0 radical (unpaired) electrons. The van der Waals surface area contributed by atoms with Crippen molar-refractivity contribution in [1.29, 1.82) is 0 Å². The summed E-state index contributed by atoms with van der Waals surface area (Å²) in [5.74, 6) is -2.18. The number of ether oxygens (including phenoxy) is 2. The number of amides is 2. The third-order valence-electron chi connectivity index (χ3n) is 6.26. The minimum Gasteiger partial charge on any atom is -0.458 e. The predicted octanol–water partition coefficient (Wildman–Crippen LogP) is 5.75. The van der Waals surface area contributed by atoms with Gasteiger partial charge in [-0.05, 0) is 47.2 Å². The summed E-state index contributed by atoms with van der Waals surface area (Å²) < 4.78 is 10.4. The standard InChI is InChI=1S/C30H29NO6/c1-18(2)21-12-8-13-22(19(3)4)26(21)31-27(32)23-14-9-15-24(25(23)28(31)33)30(35)37-17-16-36-29(34)20-10-6-5-7-11-20/h5-15,18-19H,16-17H2,1-4H3. The molecule has 37 heavy (non-hydrogen) atoms. The molecule has 1 aliphatic heterocycles. The van der Waals surface area contributed by atoms with E-state index in [9.17, 15) is 19.2 Å². The quantitative estimate of drug-likeness (QED) is 0.223. The Kier molecular flexibility index (Phi) is 7.53. The summed E-state index contributed by atoms with van der Waals surface area (Å²) in [4.78, 5) is 53.4. The first-order chi connectivity index (χ1) is 17.7. The first kappa shape index (κ1) is 25.8. The van der Waals surface area contributed by atoms with Crippen LogP contribution in [0.25, 0.3) is 0 Å². The number of nitrogens with zero attached hydrogens (tertiary/aromatic N) is 1. The van der Waals surface area contributed by atoms with Gasteiger partial charge in [-0.1, -0.05) is 70.2 Å². The third-order valence-corrected chi connectivity index (χ3v) is 6.26. The Hall–Kier alpha value is -4.26. The second-order valence-electron chi connectivity index (χ2n) is 9.41. The number of esters is 2. The van der Waals surface area contributed by atoms with Crippen LogP contribution in [0.1, 0.15) is 92.1 Å². The zero-order valence-corrected chi connectivity index (χ0v) is 21.3. The Balaban J connectivity index is 1.56. The topological polar surface area (TPSA) is 90.0 Å². The van der Waals surface area contributed by atoms with E-state index >= 15 is 0 Å². The van der Waals surface area contributed by atoms with Gasteiger partial charge in [0.15, 0.2) is 0 Å². The number of anilines is 1. The fourth-order valence-electron chi connectivity index (χ4n) is 4.43. The van der Waals surface area contributed by atoms with Gasteiger partial charge in [0, 0.05) is 0 Å². The Morgan fingerprint density at radius 2 is 1.27 bits per heavy atom. The van der Waals surface area contributed by atoms with Crippen LogP contribution in [0.5, 0.6) is 0 Å². The van der Waals surface area contributed by atoms with Gasteiger partial charge in [0.05, 0.1) is 27.9 Å². The van der Waals surface area contributed by atoms with Crippen molar-refractivity contribution >= 4 is 29.4 Å². The van der Waals surface area contributed by atoms with E-state index in [4.69, 9.17) is 9.47 Å². The molecule has 0 spiro atoms. The minimum absolute atomic E-state index is 0.000797. The molecule has 1 aliphatic rings. The van der Waals surface area contributed by atoms with Crippen LogP contribution in [0, 0.1) is 0 Å². The van der Waals surface area contributed by atoms with E-state index in [-0.39, 0.29) is 41.7 Å². The highest BCUT2D eigenvalue weighted by Crippen LogP contribution is 2.40. The molecule has 1 heterocycles. The maximum Gasteiger partial charge on any atom is 0.339 e. The average molecular weight is 500 g/mol. The molecule has 0 N–H and O–H groups in total. The summed E-state index contributed by atoms with van der Waals surface area (Å²) in [5.41, 5.74) is 2.90. The predicted molar refractivity (Wildman–Crippen MR) is 139 cm³/mol. The molecule has 0 bridgehead atoms. The van der Waals surface area contributed by atoms with Crippen molar-refractivity contribution < 1.29 is 28.7 Å². The molecule has 0 unspecified atom stereocenters. The summed E-state index contributed by atoms with van der Waals surface area (Å²) in [6.45, 7) is 7.69. The summed E-state index contributed by atoms with van der Waals surface area (Å²) in [7, 11) is 0. The van der Waals surface area contributed by atoms with Gasteiger partial charge in [-0.3, -0.25) is 9.59 Å². The number of hydrogen-bond donors (Lipinski definition) is 0. The highest BCUT2D eigenvalue weighted by Gasteiger charge is 2.42. The van der Waals surface area contributed by atoms with Crippen molar-refractivity contribution in [1.82, 2.24) is 0 Å². The van der Waals surface area contributed by atoms with E-state index in [1.807, 2.05) is 45.9 Å². The van der Waals surface area contributed by atoms with E-state index in [1.54, 1.807) is 42.5 Å². The summed E-state index contributed by atoms with van der Waals surface area (Å²) in [6, 6.07) is 18.8. The molecular formula is C30H29NO6. The van der Waals surface area contributed by atoms with Gasteiger partial charge >= 0.3 is 11.9 Å². The van der Waals surface area contributed by atoms with Crippen LogP contribution in [-0.2, 0) is 9.47 Å². The van der Waals surface area contributed by atoms with E-state index in [1.165, 1.54) is 11.0 Å². The Morgan fingerprint density at radius 1 is 0.703 bits per heavy atom. The molecule has 3 aromatic rings. The van der Waals surface area contributed by atoms with Crippen molar-refractivity contribution in [2.24, 2.45) is 0 Å². The normalized spacial score (nSPS) is 12.8. The van der Waals surface area contributed by atoms with E-state index in [0.717, 1.165) is 11.1 Å². The van der Waals surface area contributed by atoms with Crippen molar-refractivity contribution in [3.05, 3.63) is 100 Å². The van der Waals surface area contributed by atoms with Crippen LogP contribution in [0.3, 0.4) is 0 Å². The fraction of sp³-hybridized carbons (Fsp3) is 0.267. The first-order valence-corrected chi connectivity index (χ1v) is 12.3. The second-order valence-corrected chi connectivity index (χ2v) is 9.41. The van der Waals surface area contributed by atoms with E-state index < -0.39 is 23.8 Å². The van der Waals surface area contributed by atoms with Gasteiger partial charge < -0.3 is 9.47 Å². The van der Waals surface area contributed by atoms with Gasteiger partial charge in [-0.15, -0.1) is 0 Å². The lowest BCUT2D eigenvalue weighted by atomic mass is 9.92. The van der Waals surface area contributed by atoms with Gasteiger partial charge in [-0.2, -0.15) is 0 Å². The van der Waals surface area contributed by atoms with Crippen LogP contribution in [0.15, 0.2) is 66.7 Å². The van der Waals surface area contributed by atoms with Crippen molar-refractivity contribution in [2.45, 2.75) is 39.5 Å². The number of hydrogen-bond acceptors (Lipinski definition) is 6. The van der Waals surface area contributed by atoms with Crippen LogP contribution in [-0.4, -0.2) is 37.0 Å². The molecule has 7 nitrogen and oxygen atoms in total. The molecule has 0 aliphatic carbocycles. The van der Waals surface area contributed by atoms with Crippen LogP contribution in [0.2, 0.25) is 0 Å². The molecule has 2 amide bonds. The number of carbonyl (C=O) groups excluding carboxylic acids is 4. The van der Waals surface area contributed by atoms with Crippen molar-refractivity contribution in [2.75, 3.05) is 18.1 Å². The molecule has 190 valence electrons. The van der Waals surface area contributed by atoms with Gasteiger partial charge in [0.2, 0.25) is 0 Å². The van der Waals surface area contributed by atoms with Crippen LogP contribution in [0.4, 0.5) is 5.69 Å². The molecule has 3 aromatic carbocycles. The summed E-state index contributed by atoms with van der Waals surface area (Å²) in [6.07, 6.45) is 0. The number of imide groups is 1. The fourth-order valence-corrected chi connectivity index (χ4v) is 4.43. The summed E-state index contributed by atoms with van der Waals surface area (Å²) in [5, 5.41) is 0. The highest BCUT2D eigenvalue weighted by molar-refractivity contribution is 6.36. The molecular weight excluding hydrogens is 470 g/mol. The van der Waals surface area contributed by atoms with Gasteiger partial charge in [0.1, 0.15) is 13.2 Å². The van der Waals surface area contributed by atoms with Crippen molar-refractivity contribution in [3.8, 4) is 0 Å². The van der Waals surface area contributed by atoms with Gasteiger partial charge in [-0.25, -0.2) is 14.5 Å². The number of carbonyl (C=O) groups is 4. The largest absolute Gasteiger partial charge is 0.458 e. The van der Waals surface area contributed by atoms with Crippen molar-refractivity contribution in [3.63, 3.8) is 0 Å². The molecule has 0 aromatic heterocycles. The molecule has 0 fully saturated rings. The lowest BCUT2D eigenvalue weighted by Gasteiger charge is -2.25. The molecule has 0 atom stereocenters. The second kappa shape index (κ2) is 10.8. The molecule has 4 rings (SSSR count). The Bertz CT molecular complexity index is 1330. The maximum atomic E-state index is 13.7. The number of fused-ring (bicyclic) bond motifs is 1.